The van der Waals surface area contributed by atoms with Crippen molar-refractivity contribution in [3.05, 3.63) is 65.2 Å². The Morgan fingerprint density at radius 2 is 1.93 bits per heavy atom. The van der Waals surface area contributed by atoms with Gasteiger partial charge in [-0.25, -0.2) is 5.06 Å². The smallest absolute Gasteiger partial charge is 0.256 e. The van der Waals surface area contributed by atoms with Crippen molar-refractivity contribution in [1.82, 2.24) is 9.96 Å². The van der Waals surface area contributed by atoms with Gasteiger partial charge < -0.3 is 4.90 Å². The fourth-order valence-corrected chi connectivity index (χ4v) is 5.40. The summed E-state index contributed by atoms with van der Waals surface area (Å²) in [5.41, 5.74) is 4.92. The lowest BCUT2D eigenvalue weighted by atomic mass is 9.80. The average Bonchev–Trinajstić information content (AvgIpc) is 3.28. The Labute approximate surface area is 166 Å². The van der Waals surface area contributed by atoms with Crippen LogP contribution in [0.3, 0.4) is 0 Å². The van der Waals surface area contributed by atoms with E-state index in [9.17, 15) is 4.79 Å². The first-order valence-corrected chi connectivity index (χ1v) is 10.0. The summed E-state index contributed by atoms with van der Waals surface area (Å²) in [6, 6.07) is 16.6. The molecular weight excluding hydrogens is 350 g/mol. The maximum absolute atomic E-state index is 13.0. The molecule has 2 aromatic carbocycles. The van der Waals surface area contributed by atoms with Gasteiger partial charge in [0.1, 0.15) is 0 Å². The molecule has 0 radical (unpaired) electrons. The SMILES string of the molecule is CN1CC[C@@]2(C)c3cc(C4CON(Cc5ccccc5)C4=O)ccc3N(C)[C@H]12. The number of rotatable bonds is 3. The van der Waals surface area contributed by atoms with E-state index in [0.717, 1.165) is 24.1 Å². The molecule has 3 aliphatic rings. The number of likely N-dealkylation sites (tertiary alicyclic amines) is 1. The number of benzene rings is 2. The standard InChI is InChI=1S/C23H27N3O2/c1-23-11-12-24(2)22(23)25(3)20-10-9-17(13-19(20)23)18-15-28-26(21(18)27)14-16-7-5-4-6-8-16/h4-10,13,18,22H,11-12,14-15H2,1-3H3/t18?,22-,23-/m0/s1. The lowest BCUT2D eigenvalue weighted by Crippen LogP contribution is -2.45. The number of amides is 1. The van der Waals surface area contributed by atoms with E-state index in [2.05, 4.69) is 49.0 Å². The van der Waals surface area contributed by atoms with Crippen LogP contribution in [0.4, 0.5) is 5.69 Å². The van der Waals surface area contributed by atoms with Crippen LogP contribution in [-0.2, 0) is 21.6 Å². The summed E-state index contributed by atoms with van der Waals surface area (Å²) >= 11 is 0. The van der Waals surface area contributed by atoms with Gasteiger partial charge in [-0.2, -0.15) is 0 Å². The Hall–Kier alpha value is -2.37. The van der Waals surface area contributed by atoms with E-state index in [1.165, 1.54) is 16.3 Å². The minimum absolute atomic E-state index is 0.0559. The number of carbonyl (C=O) groups excluding carboxylic acids is 1. The quantitative estimate of drug-likeness (QED) is 0.824. The Morgan fingerprint density at radius 3 is 2.71 bits per heavy atom. The molecular formula is C23H27N3O2. The number of hydrogen-bond donors (Lipinski definition) is 0. The number of hydrogen-bond acceptors (Lipinski definition) is 4. The molecule has 2 saturated heterocycles. The summed E-state index contributed by atoms with van der Waals surface area (Å²) in [4.78, 5) is 23.6. The zero-order valence-electron chi connectivity index (χ0n) is 16.8. The third-order valence-corrected chi connectivity index (χ3v) is 6.87. The monoisotopic (exact) mass is 377 g/mol. The Bertz CT molecular complexity index is 915. The summed E-state index contributed by atoms with van der Waals surface area (Å²) < 4.78 is 0. The molecule has 28 heavy (non-hydrogen) atoms. The molecule has 2 fully saturated rings. The minimum Gasteiger partial charge on any atom is -0.358 e. The van der Waals surface area contributed by atoms with Crippen molar-refractivity contribution in [2.24, 2.45) is 0 Å². The van der Waals surface area contributed by atoms with E-state index in [-0.39, 0.29) is 17.2 Å². The second-order valence-corrected chi connectivity index (χ2v) is 8.62. The van der Waals surface area contributed by atoms with Crippen LogP contribution in [0, 0.1) is 0 Å². The van der Waals surface area contributed by atoms with Crippen molar-refractivity contribution in [2.45, 2.75) is 37.4 Å². The topological polar surface area (TPSA) is 36.0 Å². The Kier molecular flexibility index (Phi) is 4.00. The first-order chi connectivity index (χ1) is 13.5. The van der Waals surface area contributed by atoms with Gasteiger partial charge in [0.15, 0.2) is 0 Å². The van der Waals surface area contributed by atoms with Crippen LogP contribution >= 0.6 is 0 Å². The van der Waals surface area contributed by atoms with Crippen LogP contribution in [-0.4, -0.2) is 49.3 Å². The molecule has 0 aliphatic carbocycles. The van der Waals surface area contributed by atoms with Gasteiger partial charge in [0, 0.05) is 24.7 Å². The van der Waals surface area contributed by atoms with E-state index in [1.807, 2.05) is 30.3 Å². The number of nitrogens with zero attached hydrogens (tertiary/aromatic N) is 3. The van der Waals surface area contributed by atoms with Gasteiger partial charge in [0.25, 0.3) is 5.91 Å². The molecule has 5 nitrogen and oxygen atoms in total. The highest BCUT2D eigenvalue weighted by atomic mass is 16.7. The van der Waals surface area contributed by atoms with E-state index < -0.39 is 0 Å². The van der Waals surface area contributed by atoms with Crippen molar-refractivity contribution in [2.75, 3.05) is 32.1 Å². The van der Waals surface area contributed by atoms with Crippen LogP contribution in [0.2, 0.25) is 0 Å². The van der Waals surface area contributed by atoms with Gasteiger partial charge >= 0.3 is 0 Å². The predicted molar refractivity (Wildman–Crippen MR) is 109 cm³/mol. The van der Waals surface area contributed by atoms with Crippen LogP contribution in [0.5, 0.6) is 0 Å². The number of likely N-dealkylation sites (N-methyl/N-ethyl adjacent to an activating group) is 2. The maximum Gasteiger partial charge on any atom is 0.256 e. The highest BCUT2D eigenvalue weighted by Crippen LogP contribution is 2.51. The van der Waals surface area contributed by atoms with Crippen LogP contribution < -0.4 is 4.90 Å². The molecule has 2 aromatic rings. The molecule has 5 heteroatoms. The van der Waals surface area contributed by atoms with Gasteiger partial charge in [-0.05, 0) is 36.2 Å². The number of fused-ring (bicyclic) bond motifs is 3. The lowest BCUT2D eigenvalue weighted by molar-refractivity contribution is -0.164. The van der Waals surface area contributed by atoms with Crippen LogP contribution in [0.25, 0.3) is 0 Å². The summed E-state index contributed by atoms with van der Waals surface area (Å²) in [5.74, 6) is -0.165. The molecule has 0 saturated carbocycles. The molecule has 0 N–H and O–H groups in total. The van der Waals surface area contributed by atoms with Crippen LogP contribution in [0.15, 0.2) is 48.5 Å². The zero-order valence-corrected chi connectivity index (χ0v) is 16.8. The summed E-state index contributed by atoms with van der Waals surface area (Å²) in [6.45, 7) is 4.38. The van der Waals surface area contributed by atoms with Gasteiger partial charge in [0.05, 0.1) is 25.2 Å². The highest BCUT2D eigenvalue weighted by Gasteiger charge is 2.52. The van der Waals surface area contributed by atoms with Gasteiger partial charge in [-0.15, -0.1) is 0 Å². The minimum atomic E-state index is -0.221. The molecule has 0 spiro atoms. The Balaban J connectivity index is 1.42. The van der Waals surface area contributed by atoms with Gasteiger partial charge in [-0.3, -0.25) is 14.5 Å². The number of anilines is 1. The normalized spacial score (nSPS) is 29.5. The fourth-order valence-electron chi connectivity index (χ4n) is 5.40. The number of hydroxylamine groups is 2. The lowest BCUT2D eigenvalue weighted by Gasteiger charge is -2.32. The summed E-state index contributed by atoms with van der Waals surface area (Å²) in [6.07, 6.45) is 1.53. The van der Waals surface area contributed by atoms with Gasteiger partial charge in [0.2, 0.25) is 0 Å². The second kappa shape index (κ2) is 6.33. The third-order valence-electron chi connectivity index (χ3n) is 6.87. The molecule has 0 bridgehead atoms. The van der Waals surface area contributed by atoms with Gasteiger partial charge in [-0.1, -0.05) is 49.4 Å². The van der Waals surface area contributed by atoms with Crippen molar-refractivity contribution < 1.29 is 9.63 Å². The van der Waals surface area contributed by atoms with Crippen molar-refractivity contribution >= 4 is 11.6 Å². The van der Waals surface area contributed by atoms with E-state index in [0.29, 0.717) is 19.3 Å². The van der Waals surface area contributed by atoms with Crippen molar-refractivity contribution in [1.29, 1.82) is 0 Å². The molecule has 1 amide bonds. The fraction of sp³-hybridized carbons (Fsp3) is 0.435. The van der Waals surface area contributed by atoms with Crippen molar-refractivity contribution in [3.63, 3.8) is 0 Å². The molecule has 3 aliphatic heterocycles. The van der Waals surface area contributed by atoms with E-state index in [1.54, 1.807) is 0 Å². The van der Waals surface area contributed by atoms with Crippen molar-refractivity contribution in [3.8, 4) is 0 Å². The molecule has 3 heterocycles. The molecule has 146 valence electrons. The molecule has 0 aromatic heterocycles. The van der Waals surface area contributed by atoms with E-state index >= 15 is 0 Å². The first kappa shape index (κ1) is 17.7. The molecule has 5 rings (SSSR count). The molecule has 1 unspecified atom stereocenters. The third kappa shape index (κ3) is 2.50. The summed E-state index contributed by atoms with van der Waals surface area (Å²) in [5, 5.41) is 1.52. The van der Waals surface area contributed by atoms with E-state index in [4.69, 9.17) is 4.84 Å². The zero-order chi connectivity index (χ0) is 19.5. The maximum atomic E-state index is 13.0. The average molecular weight is 377 g/mol. The predicted octanol–water partition coefficient (Wildman–Crippen LogP) is 3.11. The first-order valence-electron chi connectivity index (χ1n) is 10.0. The molecule has 3 atom stereocenters. The second-order valence-electron chi connectivity index (χ2n) is 8.62. The largest absolute Gasteiger partial charge is 0.358 e. The highest BCUT2D eigenvalue weighted by molar-refractivity contribution is 5.85. The summed E-state index contributed by atoms with van der Waals surface area (Å²) in [7, 11) is 4.39. The Morgan fingerprint density at radius 1 is 1.14 bits per heavy atom. The van der Waals surface area contributed by atoms with Crippen LogP contribution in [0.1, 0.15) is 36.0 Å². The number of carbonyl (C=O) groups is 1.